The average molecular weight is 1540 g/mol. The number of phenolic OH excluding ortho intramolecular Hbond substituents is 1. The summed E-state index contributed by atoms with van der Waals surface area (Å²) in [5.74, 6) is -17.5. The largest absolute Gasteiger partial charge is 0.508 e. The molecule has 39 heteroatoms. The molecule has 1 aromatic heterocycles. The second kappa shape index (κ2) is 45.2. The Morgan fingerprint density at radius 2 is 0.903 bits per heavy atom. The van der Waals surface area contributed by atoms with Gasteiger partial charge in [0.1, 0.15) is 78.3 Å². The molecule has 3 rings (SSSR count). The van der Waals surface area contributed by atoms with Crippen LogP contribution in [0.2, 0.25) is 0 Å². The topological polar surface area (TPSA) is 552 Å². The Kier molecular flexibility index (Phi) is 39.2. The van der Waals surface area contributed by atoms with Crippen molar-refractivity contribution in [3.05, 3.63) is 65.9 Å². The molecule has 0 aliphatic heterocycles. The first-order chi connectivity index (χ1) is 48.7. The molecule has 0 aliphatic rings. The number of carbonyl (C=O) groups excluding carboxylic acids is 12. The molecule has 1 heterocycles. The van der Waals surface area contributed by atoms with Gasteiger partial charge in [0.25, 0.3) is 0 Å². The van der Waals surface area contributed by atoms with E-state index in [1.54, 1.807) is 64.4 Å². The number of aromatic amines is 1. The second-order valence-electron chi connectivity index (χ2n) is 24.7. The molecule has 572 valence electrons. The third-order valence-corrected chi connectivity index (χ3v) is 18.0. The molecule has 0 spiro atoms. The highest BCUT2D eigenvalue weighted by Gasteiger charge is 2.39. The van der Waals surface area contributed by atoms with E-state index in [-0.39, 0.29) is 61.7 Å². The number of carboxylic acids is 2. The number of carboxylic acid groups (broad SMARTS) is 2. The van der Waals surface area contributed by atoms with Crippen LogP contribution in [-0.4, -0.2) is 246 Å². The van der Waals surface area contributed by atoms with Crippen LogP contribution >= 0.6 is 62.3 Å². The number of thiol groups is 4. The zero-order chi connectivity index (χ0) is 77.4. The zero-order valence-electron chi connectivity index (χ0n) is 57.6. The highest BCUT2D eigenvalue weighted by atomic mass is 32.2. The van der Waals surface area contributed by atoms with Gasteiger partial charge < -0.3 is 106 Å². The number of hydrogen-bond acceptors (Lipinski definition) is 24. The van der Waals surface area contributed by atoms with Crippen molar-refractivity contribution in [2.45, 2.75) is 164 Å². The van der Waals surface area contributed by atoms with Gasteiger partial charge in [-0.2, -0.15) is 62.3 Å². The van der Waals surface area contributed by atoms with Gasteiger partial charge in [0.2, 0.25) is 70.9 Å². The van der Waals surface area contributed by atoms with Crippen LogP contribution in [0.5, 0.6) is 5.75 Å². The standard InChI is InChI=1S/C64H97N15O19S5/c1-30(2)49(78-62(95)50(31(3)4)77-52(85)37(66)26-99)61(94)72-41(21-33-14-16-35(82)17-15-33)55(88)75-46(28-101)60(93)71-43(23-48(83)84)56(89)73-44(25-80)58(91)69-40(18-20-103-6)54(87)68-39(13-9-10-19-65)53(86)74-45(27-100)59(92)70-42(22-34-24-67-38-12-8-7-11-36(34)38)57(90)79-51(32(5)81)63(96)76-47(29-102)64(97)98/h7-8,11-12,14-17,24,30-32,37,39-47,49-51,67,80-82,99-102H,9-10,13,18-23,25-29,65-66H2,1-6H3,(H,68,87)(H,69,91)(H,70,92)(H,71,93)(H,72,94)(H,73,89)(H,74,86)(H,75,88)(H,76,96)(H,77,85)(H,78,95)(H,79,90)(H,83,84)(H,97,98)/t32-,37+,39+,40+,41+,42+,43+,44+,45+,46+,47+,49+,50+,51+/m1/s1. The van der Waals surface area contributed by atoms with Gasteiger partial charge in [-0.1, -0.05) is 58.0 Å². The predicted octanol–water partition coefficient (Wildman–Crippen LogP) is -4.35. The lowest BCUT2D eigenvalue weighted by molar-refractivity contribution is -0.142. The van der Waals surface area contributed by atoms with E-state index in [2.05, 4.69) is 119 Å². The molecule has 3 aromatic rings. The maximum atomic E-state index is 14.3. The number of aliphatic carboxylic acids is 2. The number of para-hydroxylation sites is 1. The van der Waals surface area contributed by atoms with E-state index in [1.165, 1.54) is 36.0 Å². The summed E-state index contributed by atoms with van der Waals surface area (Å²) in [6, 6.07) is -7.55. The molecule has 0 saturated heterocycles. The molecule has 22 N–H and O–H groups in total. The van der Waals surface area contributed by atoms with Gasteiger partial charge in [-0.25, -0.2) is 4.79 Å². The monoisotopic (exact) mass is 1540 g/mol. The van der Waals surface area contributed by atoms with Crippen LogP contribution in [0.1, 0.15) is 77.8 Å². The Labute approximate surface area is 621 Å². The fourth-order valence-corrected chi connectivity index (χ4v) is 11.4. The van der Waals surface area contributed by atoms with Crippen LogP contribution < -0.4 is 75.3 Å². The molecule has 34 nitrogen and oxygen atoms in total. The molecule has 0 saturated carbocycles. The lowest BCUT2D eigenvalue weighted by Gasteiger charge is -2.29. The van der Waals surface area contributed by atoms with Gasteiger partial charge in [0.15, 0.2) is 0 Å². The summed E-state index contributed by atoms with van der Waals surface area (Å²) in [4.78, 5) is 194. The molecule has 12 amide bonds. The second-order valence-corrected chi connectivity index (χ2v) is 27.1. The lowest BCUT2D eigenvalue weighted by atomic mass is 9.98. The van der Waals surface area contributed by atoms with Gasteiger partial charge in [-0.3, -0.25) is 62.3 Å². The highest BCUT2D eigenvalue weighted by Crippen LogP contribution is 2.21. The number of aromatic nitrogens is 1. The van der Waals surface area contributed by atoms with Crippen molar-refractivity contribution in [1.82, 2.24) is 68.8 Å². The molecule has 0 bridgehead atoms. The number of nitrogens with one attached hydrogen (secondary N) is 13. The maximum Gasteiger partial charge on any atom is 0.327 e. The van der Waals surface area contributed by atoms with Crippen molar-refractivity contribution in [2.75, 3.05) is 48.2 Å². The predicted molar refractivity (Wildman–Crippen MR) is 395 cm³/mol. The third kappa shape index (κ3) is 29.2. The van der Waals surface area contributed by atoms with Crippen LogP contribution in [-0.2, 0) is 80.0 Å². The molecular weight excluding hydrogens is 1440 g/mol. The van der Waals surface area contributed by atoms with Crippen LogP contribution in [0, 0.1) is 11.8 Å². The molecule has 0 aliphatic carbocycles. The summed E-state index contributed by atoms with van der Waals surface area (Å²) in [5.41, 5.74) is 13.1. The van der Waals surface area contributed by atoms with Gasteiger partial charge in [0.05, 0.1) is 25.2 Å². The van der Waals surface area contributed by atoms with E-state index in [4.69, 9.17) is 11.5 Å². The van der Waals surface area contributed by atoms with Crippen LogP contribution in [0.4, 0.5) is 0 Å². The number of thioether (sulfide) groups is 1. The fourth-order valence-electron chi connectivity index (χ4n) is 9.97. The van der Waals surface area contributed by atoms with E-state index in [0.717, 1.165) is 6.92 Å². The number of aromatic hydroxyl groups is 1. The van der Waals surface area contributed by atoms with Gasteiger partial charge >= 0.3 is 11.9 Å². The van der Waals surface area contributed by atoms with Gasteiger partial charge in [0, 0.05) is 53.0 Å². The maximum absolute atomic E-state index is 14.3. The number of phenols is 1. The first-order valence-corrected chi connectivity index (χ1v) is 36.7. The minimum Gasteiger partial charge on any atom is -0.508 e. The first kappa shape index (κ1) is 89.2. The zero-order valence-corrected chi connectivity index (χ0v) is 62.0. The summed E-state index contributed by atoms with van der Waals surface area (Å²) in [7, 11) is 0. The number of rotatable bonds is 46. The molecule has 2 aromatic carbocycles. The number of aliphatic hydroxyl groups excluding tert-OH is 2. The molecule has 103 heavy (non-hydrogen) atoms. The van der Waals surface area contributed by atoms with Crippen molar-refractivity contribution < 1.29 is 92.7 Å². The Morgan fingerprint density at radius 1 is 0.485 bits per heavy atom. The molecule has 14 atom stereocenters. The number of nitrogens with two attached hydrogens (primary N) is 2. The van der Waals surface area contributed by atoms with Crippen LogP contribution in [0.25, 0.3) is 10.9 Å². The third-order valence-electron chi connectivity index (χ3n) is 15.9. The molecular formula is C64H97N15O19S5. The van der Waals surface area contributed by atoms with E-state index >= 15 is 0 Å². The first-order valence-electron chi connectivity index (χ1n) is 32.8. The van der Waals surface area contributed by atoms with E-state index in [0.29, 0.717) is 28.5 Å². The quantitative estimate of drug-likeness (QED) is 0.0188. The van der Waals surface area contributed by atoms with Crippen molar-refractivity contribution in [1.29, 1.82) is 0 Å². The van der Waals surface area contributed by atoms with E-state index in [1.807, 2.05) is 0 Å². The number of fused-ring (bicyclic) bond motifs is 1. The Morgan fingerprint density at radius 3 is 1.41 bits per heavy atom. The smallest absolute Gasteiger partial charge is 0.327 e. The average Bonchev–Trinajstić information content (AvgIpc) is 1.73. The fraction of sp³-hybridized carbons (Fsp3) is 0.562. The number of hydrogen-bond donors (Lipinski definition) is 24. The Balaban J connectivity index is 1.87. The minimum atomic E-state index is -2.03. The summed E-state index contributed by atoms with van der Waals surface area (Å²) >= 11 is 17.7. The normalized spacial score (nSPS) is 15.4. The Hall–Kier alpha value is -8.05. The lowest BCUT2D eigenvalue weighted by Crippen LogP contribution is -2.62. The van der Waals surface area contributed by atoms with Crippen molar-refractivity contribution in [2.24, 2.45) is 23.3 Å². The number of aliphatic hydroxyl groups is 2. The van der Waals surface area contributed by atoms with Crippen LogP contribution in [0.15, 0.2) is 54.7 Å². The molecule has 0 unspecified atom stereocenters. The van der Waals surface area contributed by atoms with E-state index < -0.39 is 204 Å². The van der Waals surface area contributed by atoms with Crippen molar-refractivity contribution >= 4 is 156 Å². The SMILES string of the molecule is CSCC[C@H](NC(=O)[C@H](CO)NC(=O)[C@H](CC(=O)O)NC(=O)[C@H](CS)NC(=O)[C@H](Cc1ccc(O)cc1)NC(=O)[C@@H](NC(=O)[C@@H](NC(=O)[C@@H](N)CS)C(C)C)C(C)C)C(=O)N[C@@H](CCCCN)C(=O)N[C@@H](CS)C(=O)N[C@@H](Cc1c[nH]c2ccccc12)C(=O)N[C@H](C(=O)N[C@@H](CS)C(=O)O)[C@@H](C)O. The molecule has 0 fully saturated rings. The van der Waals surface area contributed by atoms with Crippen molar-refractivity contribution in [3.8, 4) is 5.75 Å². The van der Waals surface area contributed by atoms with Crippen LogP contribution in [0.3, 0.4) is 0 Å². The summed E-state index contributed by atoms with van der Waals surface area (Å²) in [6.07, 6.45) is 0.356. The molecule has 0 radical (unpaired) electrons. The number of benzene rings is 2. The van der Waals surface area contributed by atoms with E-state index in [9.17, 15) is 92.7 Å². The highest BCUT2D eigenvalue weighted by molar-refractivity contribution is 7.98. The number of H-pyrrole nitrogens is 1. The van der Waals surface area contributed by atoms with Gasteiger partial charge in [-0.15, -0.1) is 0 Å². The number of unbranched alkanes of at least 4 members (excludes halogenated alkanes) is 1. The summed E-state index contributed by atoms with van der Waals surface area (Å²) < 4.78 is 0. The van der Waals surface area contributed by atoms with Gasteiger partial charge in [-0.05, 0) is 92.3 Å². The minimum absolute atomic E-state index is 0.0285. The van der Waals surface area contributed by atoms with Crippen molar-refractivity contribution in [3.63, 3.8) is 0 Å². The summed E-state index contributed by atoms with van der Waals surface area (Å²) in [6.45, 7) is 6.65. The Bertz CT molecular complexity index is 3390. The number of carbonyl (C=O) groups is 14. The number of amides is 12. The summed E-state index contributed by atoms with van der Waals surface area (Å²) in [5, 5.41) is 80.4.